The van der Waals surface area contributed by atoms with E-state index >= 15 is 0 Å². The van der Waals surface area contributed by atoms with Gasteiger partial charge < -0.3 is 4.74 Å². The van der Waals surface area contributed by atoms with E-state index < -0.39 is 0 Å². The van der Waals surface area contributed by atoms with Gasteiger partial charge in [-0.25, -0.2) is 0 Å². The van der Waals surface area contributed by atoms with E-state index in [1.165, 1.54) is 49.7 Å². The number of unbranched alkanes of at least 4 members (excludes halogenated alkanes) is 4. The van der Waals surface area contributed by atoms with E-state index in [0.29, 0.717) is 0 Å². The van der Waals surface area contributed by atoms with Gasteiger partial charge in [-0.1, -0.05) is 81.1 Å². The summed E-state index contributed by atoms with van der Waals surface area (Å²) < 4.78 is 5.95. The lowest BCUT2D eigenvalue weighted by Crippen LogP contribution is -2.11. The molecule has 0 unspecified atom stereocenters. The van der Waals surface area contributed by atoms with Gasteiger partial charge in [0.2, 0.25) is 0 Å². The second kappa shape index (κ2) is 10.9. The SMILES string of the molecule is CCCCCC(=COC=C(CCCCC)C(C)(C)C)C(C)(C)C. The quantitative estimate of drug-likeness (QED) is 0.292. The third-order valence-corrected chi connectivity index (χ3v) is 4.45. The molecule has 0 aliphatic heterocycles. The van der Waals surface area contributed by atoms with Crippen LogP contribution in [0.2, 0.25) is 0 Å². The predicted octanol–water partition coefficient (Wildman–Crippen LogP) is 8.02. The first-order valence-corrected chi connectivity index (χ1v) is 9.67. The molecule has 0 N–H and O–H groups in total. The third-order valence-electron chi connectivity index (χ3n) is 4.45. The van der Waals surface area contributed by atoms with Crippen LogP contribution in [0.25, 0.3) is 0 Å². The van der Waals surface area contributed by atoms with Gasteiger partial charge in [0, 0.05) is 0 Å². The van der Waals surface area contributed by atoms with Crippen molar-refractivity contribution in [3.05, 3.63) is 23.7 Å². The van der Waals surface area contributed by atoms with Gasteiger partial charge in [-0.3, -0.25) is 0 Å². The Balaban J connectivity index is 4.90. The summed E-state index contributed by atoms with van der Waals surface area (Å²) in [7, 11) is 0. The lowest BCUT2D eigenvalue weighted by molar-refractivity contribution is 0.346. The van der Waals surface area contributed by atoms with Crippen LogP contribution in [-0.4, -0.2) is 0 Å². The van der Waals surface area contributed by atoms with Gasteiger partial charge in [0.05, 0.1) is 12.5 Å². The van der Waals surface area contributed by atoms with Gasteiger partial charge in [0.15, 0.2) is 0 Å². The summed E-state index contributed by atoms with van der Waals surface area (Å²) in [5, 5.41) is 0. The molecule has 0 heterocycles. The molecular formula is C22H42O. The summed E-state index contributed by atoms with van der Waals surface area (Å²) in [6.07, 6.45) is 14.0. The second-order valence-electron chi connectivity index (χ2n) is 8.84. The first-order valence-electron chi connectivity index (χ1n) is 9.67. The molecule has 0 aromatic rings. The molecule has 1 nitrogen and oxygen atoms in total. The molecule has 0 fully saturated rings. The molecule has 0 aromatic heterocycles. The zero-order valence-electron chi connectivity index (χ0n) is 17.2. The fourth-order valence-electron chi connectivity index (χ4n) is 2.55. The summed E-state index contributed by atoms with van der Waals surface area (Å²) >= 11 is 0. The van der Waals surface area contributed by atoms with Crippen LogP contribution in [0.15, 0.2) is 23.7 Å². The maximum atomic E-state index is 5.95. The third kappa shape index (κ3) is 10.6. The van der Waals surface area contributed by atoms with E-state index in [1.54, 1.807) is 0 Å². The van der Waals surface area contributed by atoms with Crippen molar-refractivity contribution in [2.75, 3.05) is 0 Å². The van der Waals surface area contributed by atoms with Crippen molar-refractivity contribution in [3.8, 4) is 0 Å². The molecule has 23 heavy (non-hydrogen) atoms. The molecule has 0 saturated carbocycles. The average Bonchev–Trinajstić information content (AvgIpc) is 2.41. The minimum absolute atomic E-state index is 0.186. The Morgan fingerprint density at radius 1 is 0.652 bits per heavy atom. The van der Waals surface area contributed by atoms with Crippen molar-refractivity contribution in [2.24, 2.45) is 10.8 Å². The number of hydrogen-bond acceptors (Lipinski definition) is 1. The number of ether oxygens (including phenoxy) is 1. The van der Waals surface area contributed by atoms with Crippen LogP contribution in [0.5, 0.6) is 0 Å². The van der Waals surface area contributed by atoms with E-state index in [-0.39, 0.29) is 10.8 Å². The summed E-state index contributed by atoms with van der Waals surface area (Å²) in [6.45, 7) is 18.2. The Hall–Kier alpha value is -0.720. The monoisotopic (exact) mass is 322 g/mol. The van der Waals surface area contributed by atoms with Crippen LogP contribution in [-0.2, 0) is 4.74 Å². The normalized spacial score (nSPS) is 14.3. The summed E-state index contributed by atoms with van der Waals surface area (Å²) in [5.41, 5.74) is 3.21. The maximum absolute atomic E-state index is 5.95. The molecule has 0 rings (SSSR count). The van der Waals surface area contributed by atoms with Crippen molar-refractivity contribution >= 4 is 0 Å². The van der Waals surface area contributed by atoms with Gasteiger partial charge in [-0.05, 0) is 47.7 Å². The van der Waals surface area contributed by atoms with Crippen LogP contribution in [0, 0.1) is 10.8 Å². The van der Waals surface area contributed by atoms with E-state index in [1.807, 2.05) is 12.5 Å². The second-order valence-corrected chi connectivity index (χ2v) is 8.84. The van der Waals surface area contributed by atoms with Gasteiger partial charge in [-0.2, -0.15) is 0 Å². The van der Waals surface area contributed by atoms with E-state index in [4.69, 9.17) is 4.74 Å². The molecular weight excluding hydrogens is 280 g/mol. The smallest absolute Gasteiger partial charge is 0.0898 e. The largest absolute Gasteiger partial charge is 0.473 e. The maximum Gasteiger partial charge on any atom is 0.0898 e. The fourth-order valence-corrected chi connectivity index (χ4v) is 2.55. The molecule has 0 bridgehead atoms. The average molecular weight is 323 g/mol. The number of rotatable bonds is 10. The van der Waals surface area contributed by atoms with Crippen LogP contribution in [0.3, 0.4) is 0 Å². The summed E-state index contributed by atoms with van der Waals surface area (Å²) in [6, 6.07) is 0. The van der Waals surface area contributed by atoms with Crippen LogP contribution in [0.4, 0.5) is 0 Å². The Bertz CT molecular complexity index is 324. The lowest BCUT2D eigenvalue weighted by Gasteiger charge is -2.24. The van der Waals surface area contributed by atoms with E-state index in [9.17, 15) is 0 Å². The zero-order chi connectivity index (χ0) is 17.9. The molecule has 0 atom stereocenters. The molecule has 0 saturated heterocycles. The van der Waals surface area contributed by atoms with Crippen LogP contribution >= 0.6 is 0 Å². The standard InChI is InChI=1S/C22H42O/c1-9-11-13-15-19(21(3,4)5)17-23-18-20(22(6,7)8)16-14-12-10-2/h17-18H,9-16H2,1-8H3. The topological polar surface area (TPSA) is 9.23 Å². The molecule has 0 radical (unpaired) electrons. The fraction of sp³-hybridized carbons (Fsp3) is 0.818. The highest BCUT2D eigenvalue weighted by Gasteiger charge is 2.19. The van der Waals surface area contributed by atoms with Crippen molar-refractivity contribution in [3.63, 3.8) is 0 Å². The molecule has 1 heteroatoms. The van der Waals surface area contributed by atoms with Crippen LogP contribution in [0.1, 0.15) is 107 Å². The van der Waals surface area contributed by atoms with Crippen molar-refractivity contribution in [1.82, 2.24) is 0 Å². The highest BCUT2D eigenvalue weighted by molar-refractivity contribution is 5.11. The van der Waals surface area contributed by atoms with Crippen molar-refractivity contribution in [2.45, 2.75) is 107 Å². The van der Waals surface area contributed by atoms with Crippen molar-refractivity contribution < 1.29 is 4.74 Å². The van der Waals surface area contributed by atoms with Gasteiger partial charge in [0.1, 0.15) is 0 Å². The predicted molar refractivity (Wildman–Crippen MR) is 104 cm³/mol. The zero-order valence-corrected chi connectivity index (χ0v) is 17.2. The summed E-state index contributed by atoms with van der Waals surface area (Å²) in [4.78, 5) is 0. The van der Waals surface area contributed by atoms with E-state index in [0.717, 1.165) is 12.8 Å². The number of hydrogen-bond donors (Lipinski definition) is 0. The first-order chi connectivity index (χ1) is 10.6. The van der Waals surface area contributed by atoms with E-state index in [2.05, 4.69) is 55.4 Å². The minimum atomic E-state index is 0.186. The molecule has 0 aliphatic rings. The number of allylic oxidation sites excluding steroid dienone is 2. The molecule has 0 aliphatic carbocycles. The first kappa shape index (κ1) is 22.3. The Morgan fingerprint density at radius 3 is 1.26 bits per heavy atom. The summed E-state index contributed by atoms with van der Waals surface area (Å²) in [5.74, 6) is 0. The Morgan fingerprint density at radius 2 is 1.00 bits per heavy atom. The molecule has 0 aromatic carbocycles. The highest BCUT2D eigenvalue weighted by Crippen LogP contribution is 2.32. The van der Waals surface area contributed by atoms with Crippen LogP contribution < -0.4 is 0 Å². The molecule has 0 spiro atoms. The van der Waals surface area contributed by atoms with Gasteiger partial charge in [-0.15, -0.1) is 0 Å². The Labute approximate surface area is 146 Å². The molecule has 0 amide bonds. The van der Waals surface area contributed by atoms with Gasteiger partial charge >= 0.3 is 0 Å². The lowest BCUT2D eigenvalue weighted by atomic mass is 9.84. The van der Waals surface area contributed by atoms with Gasteiger partial charge in [0.25, 0.3) is 0 Å². The molecule has 136 valence electrons. The Kier molecular flexibility index (Phi) is 10.6. The highest BCUT2D eigenvalue weighted by atomic mass is 16.5. The van der Waals surface area contributed by atoms with Crippen molar-refractivity contribution in [1.29, 1.82) is 0 Å². The minimum Gasteiger partial charge on any atom is -0.473 e.